The predicted octanol–water partition coefficient (Wildman–Crippen LogP) is 3.34. The number of nitrogens with one attached hydrogen (secondary N) is 1. The van der Waals surface area contributed by atoms with Gasteiger partial charge in [0.2, 0.25) is 0 Å². The highest BCUT2D eigenvalue weighted by Crippen LogP contribution is 2.47. The van der Waals surface area contributed by atoms with Crippen LogP contribution in [0.15, 0.2) is 55.1 Å². The third kappa shape index (κ3) is 5.93. The molecule has 1 aliphatic rings. The van der Waals surface area contributed by atoms with Crippen molar-refractivity contribution in [2.24, 2.45) is 0 Å². The summed E-state index contributed by atoms with van der Waals surface area (Å²) in [6.45, 7) is 4.63. The minimum absolute atomic E-state index is 0.197. The van der Waals surface area contributed by atoms with Gasteiger partial charge in [0.25, 0.3) is 0 Å². The van der Waals surface area contributed by atoms with Crippen LogP contribution < -0.4 is 15.3 Å². The molecule has 212 valence electrons. The number of aliphatic hydroxyl groups is 1. The number of rotatable bonds is 10. The average molecular weight is 571 g/mol. The Bertz CT molecular complexity index is 1560. The summed E-state index contributed by atoms with van der Waals surface area (Å²) in [7, 11) is -4.20. The fourth-order valence-electron chi connectivity index (χ4n) is 4.41. The number of benzene rings is 2. The van der Waals surface area contributed by atoms with Crippen LogP contribution in [0.2, 0.25) is 0 Å². The molecule has 1 fully saturated rings. The van der Waals surface area contributed by atoms with E-state index in [9.17, 15) is 14.5 Å². The van der Waals surface area contributed by atoms with E-state index in [0.29, 0.717) is 22.3 Å². The number of hydrogen-bond acceptors (Lipinski definition) is 11. The molecule has 4 aromatic rings. The van der Waals surface area contributed by atoms with Gasteiger partial charge in [0.15, 0.2) is 11.5 Å². The van der Waals surface area contributed by atoms with Crippen molar-refractivity contribution in [2.75, 3.05) is 12.3 Å². The zero-order valence-corrected chi connectivity index (χ0v) is 23.1. The van der Waals surface area contributed by atoms with Crippen LogP contribution in [-0.4, -0.2) is 61.6 Å². The predicted molar refractivity (Wildman–Crippen MR) is 146 cm³/mol. The second kappa shape index (κ2) is 11.5. The second-order valence-corrected chi connectivity index (χ2v) is 11.4. The van der Waals surface area contributed by atoms with Gasteiger partial charge in [0.1, 0.15) is 36.0 Å². The van der Waals surface area contributed by atoms with E-state index in [-0.39, 0.29) is 24.9 Å². The molecule has 0 aliphatic carbocycles. The molecular weight excluding hydrogens is 539 g/mol. The van der Waals surface area contributed by atoms with Gasteiger partial charge in [-0.1, -0.05) is 36.4 Å². The van der Waals surface area contributed by atoms with E-state index in [0.717, 1.165) is 5.39 Å². The minimum atomic E-state index is -4.20. The van der Waals surface area contributed by atoms with E-state index in [1.807, 2.05) is 30.3 Å². The zero-order chi connectivity index (χ0) is 28.4. The lowest BCUT2D eigenvalue weighted by atomic mass is 10.1. The van der Waals surface area contributed by atoms with Crippen molar-refractivity contribution in [1.82, 2.24) is 24.6 Å². The molecule has 0 amide bonds. The summed E-state index contributed by atoms with van der Waals surface area (Å²) >= 11 is 0. The largest absolute Gasteiger partial charge is 0.462 e. The highest BCUT2D eigenvalue weighted by atomic mass is 31.2. The number of aromatic nitrogens is 4. The quantitative estimate of drug-likeness (QED) is 0.188. The van der Waals surface area contributed by atoms with Crippen molar-refractivity contribution < 1.29 is 33.0 Å². The van der Waals surface area contributed by atoms with Crippen molar-refractivity contribution in [3.63, 3.8) is 0 Å². The van der Waals surface area contributed by atoms with Crippen molar-refractivity contribution in [1.29, 1.82) is 0 Å². The normalized spacial score (nSPS) is 21.5. The Kier molecular flexibility index (Phi) is 8.02. The van der Waals surface area contributed by atoms with Gasteiger partial charge in [-0.05, 0) is 32.2 Å². The van der Waals surface area contributed by atoms with E-state index in [4.69, 9.17) is 24.3 Å². The molecule has 0 bridgehead atoms. The standard InChI is InChI=1S/C26H31N6O7P/c1-15(2)37-26(34)16(3)31-40(35,39-20-10-6-8-17-7-4-5-9-18(17)20)36-12-21-19(33)11-22(38-21)32-14-30-23-24(27)28-13-29-25(23)32/h4-10,13-16,19,21-22,33H,11-12H2,1-3H3,(H,31,35)(H2,27,28,29)/t16-,19+,21?,22+,40?/m0/s1. The maximum Gasteiger partial charge on any atom is 0.459 e. The molecule has 2 aromatic carbocycles. The van der Waals surface area contributed by atoms with Gasteiger partial charge in [-0.2, -0.15) is 5.09 Å². The Morgan fingerprint density at radius 2 is 1.98 bits per heavy atom. The summed E-state index contributed by atoms with van der Waals surface area (Å²) in [5.74, 6) is -0.0954. The number of aliphatic hydroxyl groups excluding tert-OH is 1. The summed E-state index contributed by atoms with van der Waals surface area (Å²) in [4.78, 5) is 24.9. The lowest BCUT2D eigenvalue weighted by Gasteiger charge is -2.25. The summed E-state index contributed by atoms with van der Waals surface area (Å²) in [6.07, 6.45) is 0.197. The first-order chi connectivity index (χ1) is 19.1. The molecule has 13 nitrogen and oxygen atoms in total. The van der Waals surface area contributed by atoms with Crippen LogP contribution in [0.4, 0.5) is 5.82 Å². The molecule has 0 spiro atoms. The number of hydrogen-bond donors (Lipinski definition) is 3. The number of imidazole rings is 1. The average Bonchev–Trinajstić information content (AvgIpc) is 3.51. The zero-order valence-electron chi connectivity index (χ0n) is 22.2. The molecule has 0 radical (unpaired) electrons. The lowest BCUT2D eigenvalue weighted by molar-refractivity contribution is -0.149. The van der Waals surface area contributed by atoms with Crippen molar-refractivity contribution in [3.8, 4) is 5.75 Å². The van der Waals surface area contributed by atoms with Gasteiger partial charge in [-0.3, -0.25) is 13.9 Å². The van der Waals surface area contributed by atoms with Gasteiger partial charge in [-0.25, -0.2) is 19.5 Å². The van der Waals surface area contributed by atoms with Gasteiger partial charge in [0.05, 0.1) is 25.1 Å². The summed E-state index contributed by atoms with van der Waals surface area (Å²) in [5.41, 5.74) is 6.75. The minimum Gasteiger partial charge on any atom is -0.462 e. The molecule has 40 heavy (non-hydrogen) atoms. The Labute approximate surface area is 230 Å². The first-order valence-corrected chi connectivity index (χ1v) is 14.3. The Hall–Kier alpha value is -3.61. The van der Waals surface area contributed by atoms with E-state index in [1.54, 1.807) is 30.5 Å². The van der Waals surface area contributed by atoms with Crippen molar-refractivity contribution in [2.45, 2.75) is 57.8 Å². The summed E-state index contributed by atoms with van der Waals surface area (Å²) in [5, 5.41) is 15.0. The topological polar surface area (TPSA) is 173 Å². The van der Waals surface area contributed by atoms with Crippen LogP contribution in [0.3, 0.4) is 0 Å². The van der Waals surface area contributed by atoms with Gasteiger partial charge in [-0.15, -0.1) is 0 Å². The number of fused-ring (bicyclic) bond motifs is 2. The van der Waals surface area contributed by atoms with E-state index in [2.05, 4.69) is 20.0 Å². The second-order valence-electron chi connectivity index (χ2n) is 9.71. The molecule has 3 heterocycles. The lowest BCUT2D eigenvalue weighted by Crippen LogP contribution is -2.37. The number of nitrogens with zero attached hydrogens (tertiary/aromatic N) is 4. The van der Waals surface area contributed by atoms with Gasteiger partial charge in [0, 0.05) is 11.8 Å². The fraction of sp³-hybridized carbons (Fsp3) is 0.385. The number of ether oxygens (including phenoxy) is 2. The van der Waals surface area contributed by atoms with E-state index < -0.39 is 38.2 Å². The molecule has 1 saturated heterocycles. The number of esters is 1. The van der Waals surface area contributed by atoms with Crippen LogP contribution in [0.5, 0.6) is 5.75 Å². The molecule has 2 unspecified atom stereocenters. The van der Waals surface area contributed by atoms with E-state index >= 15 is 0 Å². The Balaban J connectivity index is 1.35. The summed E-state index contributed by atoms with van der Waals surface area (Å²) in [6, 6.07) is 11.7. The number of nitrogens with two attached hydrogens (primary N) is 1. The van der Waals surface area contributed by atoms with E-state index in [1.165, 1.54) is 19.6 Å². The highest BCUT2D eigenvalue weighted by Gasteiger charge is 2.40. The molecule has 0 saturated carbocycles. The Morgan fingerprint density at radius 1 is 1.20 bits per heavy atom. The maximum absolute atomic E-state index is 14.1. The number of anilines is 1. The van der Waals surface area contributed by atoms with Crippen molar-refractivity contribution in [3.05, 3.63) is 55.1 Å². The third-order valence-corrected chi connectivity index (χ3v) is 7.97. The third-order valence-electron chi connectivity index (χ3n) is 6.34. The van der Waals surface area contributed by atoms with Crippen LogP contribution >= 0.6 is 7.75 Å². The molecule has 5 rings (SSSR count). The van der Waals surface area contributed by atoms with Crippen LogP contribution in [-0.2, 0) is 23.4 Å². The first-order valence-electron chi connectivity index (χ1n) is 12.8. The maximum atomic E-state index is 14.1. The molecule has 14 heteroatoms. The number of carbonyl (C=O) groups is 1. The first kappa shape index (κ1) is 27.9. The van der Waals surface area contributed by atoms with Gasteiger partial charge < -0.3 is 24.8 Å². The molecule has 2 aromatic heterocycles. The highest BCUT2D eigenvalue weighted by molar-refractivity contribution is 7.52. The molecule has 4 N–H and O–H groups in total. The van der Waals surface area contributed by atoms with Crippen LogP contribution in [0.25, 0.3) is 21.9 Å². The number of carbonyl (C=O) groups excluding carboxylic acids is 1. The fourth-order valence-corrected chi connectivity index (χ4v) is 5.93. The smallest absolute Gasteiger partial charge is 0.459 e. The monoisotopic (exact) mass is 570 g/mol. The Morgan fingerprint density at radius 3 is 2.77 bits per heavy atom. The molecular formula is C26H31N6O7P. The van der Waals surface area contributed by atoms with Crippen LogP contribution in [0.1, 0.15) is 33.4 Å². The molecule has 1 aliphatic heterocycles. The summed E-state index contributed by atoms with van der Waals surface area (Å²) < 4.78 is 38.7. The SMILES string of the molecule is CC(C)OC(=O)[C@H](C)NP(=O)(OCC1O[C@@H](n2cnc3c(N)ncnc32)C[C@H]1O)Oc1cccc2ccccc12. The number of nitrogen functional groups attached to an aromatic ring is 1. The molecule has 5 atom stereocenters. The van der Waals surface area contributed by atoms with Gasteiger partial charge >= 0.3 is 13.7 Å². The van der Waals surface area contributed by atoms with Crippen LogP contribution in [0, 0.1) is 0 Å². The van der Waals surface area contributed by atoms with Crippen molar-refractivity contribution >= 4 is 41.5 Å².